The third-order valence-electron chi connectivity index (χ3n) is 3.36. The highest BCUT2D eigenvalue weighted by Crippen LogP contribution is 2.31. The highest BCUT2D eigenvalue weighted by Gasteiger charge is 2.18. The number of halogens is 1. The van der Waals surface area contributed by atoms with Crippen LogP contribution in [-0.2, 0) is 0 Å². The standard InChI is InChI=1S/C16H25ClN2O2/c1-10(2)6-13(7-11(3)4)18-15-9-14(17)16(19(20)21)8-12(15)5/h8-11,13,18H,6-7H2,1-5H3. The molecule has 0 saturated heterocycles. The third-order valence-corrected chi connectivity index (χ3v) is 3.66. The molecule has 4 nitrogen and oxygen atoms in total. The SMILES string of the molecule is Cc1cc([N+](=O)[O-])c(Cl)cc1NC(CC(C)C)CC(C)C. The first-order chi connectivity index (χ1) is 9.70. The summed E-state index contributed by atoms with van der Waals surface area (Å²) < 4.78 is 0. The van der Waals surface area contributed by atoms with Crippen molar-refractivity contribution in [3.8, 4) is 0 Å². The van der Waals surface area contributed by atoms with Gasteiger partial charge in [0.1, 0.15) is 5.02 Å². The molecule has 0 bridgehead atoms. The zero-order valence-electron chi connectivity index (χ0n) is 13.4. The van der Waals surface area contributed by atoms with Gasteiger partial charge in [-0.2, -0.15) is 0 Å². The average molecular weight is 313 g/mol. The van der Waals surface area contributed by atoms with Crippen molar-refractivity contribution in [2.45, 2.75) is 53.5 Å². The fourth-order valence-electron chi connectivity index (χ4n) is 2.53. The molecule has 0 fully saturated rings. The summed E-state index contributed by atoms with van der Waals surface area (Å²) in [5, 5.41) is 14.6. The van der Waals surface area contributed by atoms with Crippen LogP contribution in [0.15, 0.2) is 12.1 Å². The van der Waals surface area contributed by atoms with Gasteiger partial charge in [0.05, 0.1) is 4.92 Å². The molecular weight excluding hydrogens is 288 g/mol. The predicted octanol–water partition coefficient (Wildman–Crippen LogP) is 5.43. The first-order valence-electron chi connectivity index (χ1n) is 7.41. The lowest BCUT2D eigenvalue weighted by atomic mass is 9.95. The zero-order valence-corrected chi connectivity index (χ0v) is 14.2. The molecule has 1 rings (SSSR count). The first-order valence-corrected chi connectivity index (χ1v) is 7.79. The molecular formula is C16H25ClN2O2. The van der Waals surface area contributed by atoms with Crippen LogP contribution in [-0.4, -0.2) is 11.0 Å². The monoisotopic (exact) mass is 312 g/mol. The van der Waals surface area contributed by atoms with E-state index in [0.29, 0.717) is 17.9 Å². The average Bonchev–Trinajstić information content (AvgIpc) is 2.31. The van der Waals surface area contributed by atoms with Crippen LogP contribution in [0.1, 0.15) is 46.1 Å². The van der Waals surface area contributed by atoms with E-state index in [1.165, 1.54) is 6.07 Å². The van der Waals surface area contributed by atoms with Crippen molar-refractivity contribution >= 4 is 23.0 Å². The van der Waals surface area contributed by atoms with Crippen LogP contribution >= 0.6 is 11.6 Å². The summed E-state index contributed by atoms with van der Waals surface area (Å²) in [5.41, 5.74) is 1.70. The molecule has 21 heavy (non-hydrogen) atoms. The summed E-state index contributed by atoms with van der Waals surface area (Å²) in [4.78, 5) is 10.5. The van der Waals surface area contributed by atoms with Crippen molar-refractivity contribution in [3.63, 3.8) is 0 Å². The van der Waals surface area contributed by atoms with E-state index in [1.807, 2.05) is 6.92 Å². The molecule has 0 aromatic heterocycles. The molecule has 0 aliphatic carbocycles. The summed E-state index contributed by atoms with van der Waals surface area (Å²) in [6.07, 6.45) is 2.12. The first kappa shape index (κ1) is 17.8. The van der Waals surface area contributed by atoms with Gasteiger partial charge >= 0.3 is 0 Å². The molecule has 0 aliphatic rings. The van der Waals surface area contributed by atoms with Crippen LogP contribution in [0.3, 0.4) is 0 Å². The Balaban J connectivity index is 2.98. The summed E-state index contributed by atoms with van der Waals surface area (Å²) >= 11 is 6.01. The topological polar surface area (TPSA) is 55.2 Å². The van der Waals surface area contributed by atoms with E-state index in [0.717, 1.165) is 24.1 Å². The van der Waals surface area contributed by atoms with Crippen molar-refractivity contribution in [1.82, 2.24) is 0 Å². The van der Waals surface area contributed by atoms with Crippen LogP contribution in [0.4, 0.5) is 11.4 Å². The second kappa shape index (κ2) is 7.64. The maximum Gasteiger partial charge on any atom is 0.288 e. The Labute approximate surface area is 132 Å². The Morgan fingerprint density at radius 3 is 2.14 bits per heavy atom. The van der Waals surface area contributed by atoms with E-state index in [-0.39, 0.29) is 10.7 Å². The second-order valence-corrected chi connectivity index (χ2v) is 6.88. The van der Waals surface area contributed by atoms with E-state index in [4.69, 9.17) is 11.6 Å². The van der Waals surface area contributed by atoms with Gasteiger partial charge in [-0.15, -0.1) is 0 Å². The van der Waals surface area contributed by atoms with Gasteiger partial charge in [-0.3, -0.25) is 10.1 Å². The van der Waals surface area contributed by atoms with Crippen LogP contribution < -0.4 is 5.32 Å². The number of rotatable bonds is 7. The highest BCUT2D eigenvalue weighted by molar-refractivity contribution is 6.33. The van der Waals surface area contributed by atoms with Crippen LogP contribution in [0.25, 0.3) is 0 Å². The van der Waals surface area contributed by atoms with Gasteiger partial charge in [0, 0.05) is 17.8 Å². The summed E-state index contributed by atoms with van der Waals surface area (Å²) in [5.74, 6) is 1.19. The van der Waals surface area contributed by atoms with Gasteiger partial charge in [0.15, 0.2) is 0 Å². The molecule has 1 N–H and O–H groups in total. The van der Waals surface area contributed by atoms with E-state index >= 15 is 0 Å². The van der Waals surface area contributed by atoms with Crippen LogP contribution in [0.2, 0.25) is 5.02 Å². The summed E-state index contributed by atoms with van der Waals surface area (Å²) in [6.45, 7) is 10.7. The molecule has 1 aromatic carbocycles. The molecule has 0 heterocycles. The zero-order chi connectivity index (χ0) is 16.2. The Bertz CT molecular complexity index is 491. The number of nitro groups is 1. The fourth-order valence-corrected chi connectivity index (χ4v) is 2.77. The number of nitrogens with one attached hydrogen (secondary N) is 1. The Morgan fingerprint density at radius 1 is 1.19 bits per heavy atom. The van der Waals surface area contributed by atoms with Gasteiger partial charge in [-0.25, -0.2) is 0 Å². The normalized spacial score (nSPS) is 11.5. The van der Waals surface area contributed by atoms with Crippen molar-refractivity contribution in [3.05, 3.63) is 32.8 Å². The van der Waals surface area contributed by atoms with E-state index in [2.05, 4.69) is 33.0 Å². The van der Waals surface area contributed by atoms with Crippen molar-refractivity contribution in [1.29, 1.82) is 0 Å². The molecule has 0 saturated carbocycles. The number of hydrogen-bond acceptors (Lipinski definition) is 3. The van der Waals surface area contributed by atoms with Crippen molar-refractivity contribution in [2.24, 2.45) is 11.8 Å². The Kier molecular flexibility index (Phi) is 6.46. The Morgan fingerprint density at radius 2 is 1.71 bits per heavy atom. The lowest BCUT2D eigenvalue weighted by Crippen LogP contribution is -2.24. The predicted molar refractivity (Wildman–Crippen MR) is 89.2 cm³/mol. The van der Waals surface area contributed by atoms with Gasteiger partial charge in [0.25, 0.3) is 5.69 Å². The van der Waals surface area contributed by atoms with Gasteiger partial charge in [-0.1, -0.05) is 39.3 Å². The molecule has 0 atom stereocenters. The van der Waals surface area contributed by atoms with Crippen LogP contribution in [0, 0.1) is 28.9 Å². The minimum atomic E-state index is -0.446. The largest absolute Gasteiger partial charge is 0.382 e. The molecule has 118 valence electrons. The smallest absolute Gasteiger partial charge is 0.288 e. The van der Waals surface area contributed by atoms with E-state index in [9.17, 15) is 10.1 Å². The quantitative estimate of drug-likeness (QED) is 0.539. The van der Waals surface area contributed by atoms with Gasteiger partial charge in [-0.05, 0) is 43.2 Å². The highest BCUT2D eigenvalue weighted by atomic mass is 35.5. The molecule has 0 radical (unpaired) electrons. The van der Waals surface area contributed by atoms with Crippen LogP contribution in [0.5, 0.6) is 0 Å². The molecule has 0 amide bonds. The Hall–Kier alpha value is -1.29. The lowest BCUT2D eigenvalue weighted by molar-refractivity contribution is -0.384. The van der Waals surface area contributed by atoms with E-state index < -0.39 is 4.92 Å². The lowest BCUT2D eigenvalue weighted by Gasteiger charge is -2.24. The molecule has 5 heteroatoms. The molecule has 0 aliphatic heterocycles. The minimum Gasteiger partial charge on any atom is -0.382 e. The number of nitro benzene ring substituents is 1. The summed E-state index contributed by atoms with van der Waals surface area (Å²) in [6, 6.07) is 3.55. The van der Waals surface area contributed by atoms with Gasteiger partial charge < -0.3 is 5.32 Å². The number of hydrogen-bond donors (Lipinski definition) is 1. The molecule has 0 spiro atoms. The maximum atomic E-state index is 10.9. The molecule has 1 aromatic rings. The summed E-state index contributed by atoms with van der Waals surface area (Å²) in [7, 11) is 0. The maximum absolute atomic E-state index is 10.9. The molecule has 0 unspecified atom stereocenters. The van der Waals surface area contributed by atoms with Crippen molar-refractivity contribution < 1.29 is 4.92 Å². The van der Waals surface area contributed by atoms with E-state index in [1.54, 1.807) is 6.07 Å². The van der Waals surface area contributed by atoms with Gasteiger partial charge in [0.2, 0.25) is 0 Å². The number of benzene rings is 1. The minimum absolute atomic E-state index is 0.0380. The number of aryl methyl sites for hydroxylation is 1. The van der Waals surface area contributed by atoms with Crippen molar-refractivity contribution in [2.75, 3.05) is 5.32 Å². The number of nitrogens with zero attached hydrogens (tertiary/aromatic N) is 1. The second-order valence-electron chi connectivity index (χ2n) is 6.48. The third kappa shape index (κ3) is 5.54. The fraction of sp³-hybridized carbons (Fsp3) is 0.625. The number of anilines is 1.